The van der Waals surface area contributed by atoms with Crippen LogP contribution in [0.5, 0.6) is 0 Å². The molecular formula is C34H38N2O3. The molecule has 3 aromatic carbocycles. The van der Waals surface area contributed by atoms with Gasteiger partial charge in [0.25, 0.3) is 0 Å². The zero-order valence-electron chi connectivity index (χ0n) is 23.7. The number of fused-ring (bicyclic) bond motifs is 3. The topological polar surface area (TPSA) is 60.7 Å². The van der Waals surface area contributed by atoms with Crippen molar-refractivity contribution in [2.45, 2.75) is 73.3 Å². The summed E-state index contributed by atoms with van der Waals surface area (Å²) in [5, 5.41) is 6.34. The molecule has 0 N–H and O–H groups in total. The zero-order chi connectivity index (χ0) is 27.7. The van der Waals surface area contributed by atoms with E-state index in [-0.39, 0.29) is 11.8 Å². The Balaban J connectivity index is 1.48. The van der Waals surface area contributed by atoms with Crippen molar-refractivity contribution in [1.29, 1.82) is 0 Å². The lowest BCUT2D eigenvalue weighted by Crippen LogP contribution is -2.35. The van der Waals surface area contributed by atoms with Gasteiger partial charge in [0.1, 0.15) is 0 Å². The van der Waals surface area contributed by atoms with E-state index in [0.717, 1.165) is 57.9 Å². The fraction of sp³-hybridized carbons (Fsp3) is 0.382. The van der Waals surface area contributed by atoms with Gasteiger partial charge in [0.2, 0.25) is 0 Å². The fourth-order valence-electron chi connectivity index (χ4n) is 6.07. The van der Waals surface area contributed by atoms with Crippen molar-refractivity contribution in [3.05, 3.63) is 82.9 Å². The van der Waals surface area contributed by atoms with Gasteiger partial charge in [-0.3, -0.25) is 4.79 Å². The van der Waals surface area contributed by atoms with Gasteiger partial charge in [0, 0.05) is 39.5 Å². The van der Waals surface area contributed by atoms with Crippen LogP contribution < -0.4 is 0 Å². The summed E-state index contributed by atoms with van der Waals surface area (Å²) in [5.41, 5.74) is 5.52. The van der Waals surface area contributed by atoms with Gasteiger partial charge in [-0.2, -0.15) is 0 Å². The highest BCUT2D eigenvalue weighted by Gasteiger charge is 2.39. The van der Waals surface area contributed by atoms with E-state index >= 15 is 0 Å². The molecule has 0 bridgehead atoms. The summed E-state index contributed by atoms with van der Waals surface area (Å²) in [7, 11) is 0. The molecule has 0 atom stereocenters. The quantitative estimate of drug-likeness (QED) is 0.106. The van der Waals surface area contributed by atoms with Crippen molar-refractivity contribution >= 4 is 39.3 Å². The van der Waals surface area contributed by atoms with E-state index in [4.69, 9.17) is 4.84 Å². The molecule has 4 aromatic rings. The zero-order valence-corrected chi connectivity index (χ0v) is 23.7. The summed E-state index contributed by atoms with van der Waals surface area (Å²) in [6.07, 6.45) is 5.73. The largest absolute Gasteiger partial charge is 0.341 e. The summed E-state index contributed by atoms with van der Waals surface area (Å²) in [4.78, 5) is 31.9. The van der Waals surface area contributed by atoms with E-state index in [1.807, 2.05) is 76.2 Å². The average Bonchev–Trinajstić information content (AvgIpc) is 3.28. The van der Waals surface area contributed by atoms with Gasteiger partial charge in [-0.15, -0.1) is 0 Å². The van der Waals surface area contributed by atoms with Crippen molar-refractivity contribution in [2.75, 3.05) is 0 Å². The first-order chi connectivity index (χ1) is 18.7. The molecular weight excluding hydrogens is 484 g/mol. The van der Waals surface area contributed by atoms with Crippen LogP contribution >= 0.6 is 0 Å². The maximum Gasteiger partial charge on any atom is 0.340 e. The summed E-state index contributed by atoms with van der Waals surface area (Å²) in [6.45, 7) is 10.7. The van der Waals surface area contributed by atoms with Crippen molar-refractivity contribution in [2.24, 2.45) is 16.5 Å². The Morgan fingerprint density at radius 1 is 0.923 bits per heavy atom. The summed E-state index contributed by atoms with van der Waals surface area (Å²) >= 11 is 0. The third kappa shape index (κ3) is 5.03. The molecule has 5 heteroatoms. The smallest absolute Gasteiger partial charge is 0.340 e. The number of rotatable bonds is 7. The molecule has 1 heterocycles. The molecule has 0 radical (unpaired) electrons. The van der Waals surface area contributed by atoms with E-state index in [1.165, 1.54) is 19.3 Å². The lowest BCUT2D eigenvalue weighted by Gasteiger charge is -2.33. The highest BCUT2D eigenvalue weighted by atomic mass is 16.7. The number of nitrogens with zero attached hydrogens (tertiary/aromatic N) is 2. The van der Waals surface area contributed by atoms with Crippen molar-refractivity contribution in [1.82, 2.24) is 4.57 Å². The summed E-state index contributed by atoms with van der Waals surface area (Å²) in [6, 6.07) is 19.9. The first-order valence-corrected chi connectivity index (χ1v) is 14.1. The molecule has 5 rings (SSSR count). The number of hydrogen-bond acceptors (Lipinski definition) is 4. The monoisotopic (exact) mass is 522 g/mol. The van der Waals surface area contributed by atoms with Crippen molar-refractivity contribution in [3.8, 4) is 0 Å². The molecule has 0 amide bonds. The Bertz CT molecular complexity index is 1590. The second-order valence-corrected chi connectivity index (χ2v) is 11.5. The number of oxime groups is 1. The summed E-state index contributed by atoms with van der Waals surface area (Å²) in [5.74, 6) is 0.0907. The minimum atomic E-state index is -0.553. The van der Waals surface area contributed by atoms with Crippen LogP contribution in [0.4, 0.5) is 0 Å². The number of hydrogen-bond donors (Lipinski definition) is 0. The molecule has 0 spiro atoms. The van der Waals surface area contributed by atoms with E-state index in [1.54, 1.807) is 0 Å². The Hall–Kier alpha value is -3.73. The predicted octanol–water partition coefficient (Wildman–Crippen LogP) is 8.23. The predicted molar refractivity (Wildman–Crippen MR) is 158 cm³/mol. The van der Waals surface area contributed by atoms with Gasteiger partial charge in [0.05, 0.1) is 11.1 Å². The second-order valence-electron chi connectivity index (χ2n) is 11.5. The highest BCUT2D eigenvalue weighted by molar-refractivity contribution is 6.16. The lowest BCUT2D eigenvalue weighted by molar-refractivity contribution is -0.158. The van der Waals surface area contributed by atoms with Crippen LogP contribution in [0.25, 0.3) is 21.8 Å². The maximum atomic E-state index is 13.4. The molecule has 0 saturated heterocycles. The van der Waals surface area contributed by atoms with Gasteiger partial charge < -0.3 is 9.40 Å². The second kappa shape index (κ2) is 10.8. The molecule has 1 aromatic heterocycles. The molecule has 1 fully saturated rings. The van der Waals surface area contributed by atoms with Crippen LogP contribution in [0.2, 0.25) is 0 Å². The molecule has 39 heavy (non-hydrogen) atoms. The highest BCUT2D eigenvalue weighted by Crippen LogP contribution is 2.39. The Kier molecular flexibility index (Phi) is 7.44. The van der Waals surface area contributed by atoms with Crippen LogP contribution in [0.15, 0.2) is 65.8 Å². The number of aryl methyl sites for hydroxylation is 2. The molecule has 202 valence electrons. The average molecular weight is 523 g/mol. The van der Waals surface area contributed by atoms with Gasteiger partial charge in [-0.25, -0.2) is 4.79 Å². The SMILES string of the molecule is CCn1c2ccc(C(=O)c3ccccc3C)cc2c2cc(/C(C)=N/OC(=O)C(C)(C)C3CCCCC3)ccc21. The first-order valence-electron chi connectivity index (χ1n) is 14.1. The van der Waals surface area contributed by atoms with E-state index in [0.29, 0.717) is 17.2 Å². The molecule has 1 aliphatic rings. The summed E-state index contributed by atoms with van der Waals surface area (Å²) < 4.78 is 2.26. The number of aromatic nitrogens is 1. The minimum absolute atomic E-state index is 0.0220. The molecule has 0 aliphatic heterocycles. The molecule has 1 aliphatic carbocycles. The van der Waals surface area contributed by atoms with E-state index in [9.17, 15) is 9.59 Å². The normalized spacial score (nSPS) is 15.2. The first kappa shape index (κ1) is 26.9. The van der Waals surface area contributed by atoms with Crippen LogP contribution in [-0.4, -0.2) is 22.0 Å². The lowest BCUT2D eigenvalue weighted by atomic mass is 9.71. The van der Waals surface area contributed by atoms with E-state index < -0.39 is 5.41 Å². The minimum Gasteiger partial charge on any atom is -0.341 e. The van der Waals surface area contributed by atoms with Crippen molar-refractivity contribution < 1.29 is 14.4 Å². The van der Waals surface area contributed by atoms with Gasteiger partial charge in [0.15, 0.2) is 5.78 Å². The van der Waals surface area contributed by atoms with Gasteiger partial charge >= 0.3 is 5.97 Å². The van der Waals surface area contributed by atoms with Crippen LogP contribution in [-0.2, 0) is 16.2 Å². The number of carbonyl (C=O) groups is 2. The number of carbonyl (C=O) groups excluding carboxylic acids is 2. The van der Waals surface area contributed by atoms with Gasteiger partial charge in [-0.05, 0) is 94.8 Å². The van der Waals surface area contributed by atoms with Gasteiger partial charge in [-0.1, -0.05) is 54.8 Å². The third-order valence-electron chi connectivity index (χ3n) is 8.67. The molecule has 0 unspecified atom stereocenters. The van der Waals surface area contributed by atoms with E-state index in [2.05, 4.69) is 28.8 Å². The van der Waals surface area contributed by atoms with Crippen molar-refractivity contribution in [3.63, 3.8) is 0 Å². The Morgan fingerprint density at radius 2 is 1.54 bits per heavy atom. The molecule has 5 nitrogen and oxygen atoms in total. The number of benzene rings is 3. The Morgan fingerprint density at radius 3 is 2.18 bits per heavy atom. The maximum absolute atomic E-state index is 13.4. The third-order valence-corrected chi connectivity index (χ3v) is 8.67. The molecule has 1 saturated carbocycles. The fourth-order valence-corrected chi connectivity index (χ4v) is 6.07. The Labute approximate surface area is 230 Å². The number of ketones is 1. The van der Waals surface area contributed by atoms with Crippen LogP contribution in [0.3, 0.4) is 0 Å². The van der Waals surface area contributed by atoms with Crippen LogP contribution in [0, 0.1) is 18.3 Å². The standard InChI is InChI=1S/C34H38N2O3/c1-6-36-30-18-16-24(23(3)35-39-33(38)34(4,5)26-13-8-7-9-14-26)20-28(30)29-21-25(17-19-31(29)36)32(37)27-15-11-10-12-22(27)2/h10-12,15-21,26H,6-9,13-14H2,1-5H3/b35-23+. The van der Waals surface area contributed by atoms with Crippen LogP contribution in [0.1, 0.15) is 86.8 Å².